The summed E-state index contributed by atoms with van der Waals surface area (Å²) in [6.45, 7) is 0. The maximum atomic E-state index is 11.4. The number of methoxy groups -OCH3 is 1. The van der Waals surface area contributed by atoms with E-state index in [4.69, 9.17) is 5.11 Å². The van der Waals surface area contributed by atoms with Crippen LogP contribution in [-0.4, -0.2) is 29.9 Å². The fourth-order valence-corrected chi connectivity index (χ4v) is 2.72. The molecule has 0 bridgehead atoms. The molecule has 0 amide bonds. The molecule has 0 atom stereocenters. The Labute approximate surface area is 123 Å². The van der Waals surface area contributed by atoms with Gasteiger partial charge in [0.2, 0.25) is 0 Å². The minimum absolute atomic E-state index is 0.256. The molecule has 5 heteroatoms. The number of carbonyl (C=O) groups excluding carboxylic acids is 1. The van der Waals surface area contributed by atoms with Crippen LogP contribution in [0, 0.1) is 0 Å². The molecule has 0 radical (unpaired) electrons. The summed E-state index contributed by atoms with van der Waals surface area (Å²) in [4.78, 5) is 21.7. The summed E-state index contributed by atoms with van der Waals surface area (Å²) in [5.41, 5.74) is 1.68. The highest BCUT2D eigenvalue weighted by atomic mass is 32.2. The maximum absolute atomic E-state index is 11.4. The van der Waals surface area contributed by atoms with Crippen molar-refractivity contribution in [2.24, 2.45) is 0 Å². The van der Waals surface area contributed by atoms with E-state index in [0.29, 0.717) is 5.56 Å². The number of benzene rings is 1. The minimum Gasteiger partial charge on any atom is -0.481 e. The fourth-order valence-electron chi connectivity index (χ4n) is 1.75. The molecule has 0 saturated heterocycles. The van der Waals surface area contributed by atoms with E-state index in [0.717, 1.165) is 36.3 Å². The molecule has 0 aliphatic rings. The molecule has 0 heterocycles. The van der Waals surface area contributed by atoms with E-state index in [1.54, 1.807) is 17.8 Å². The molecular weight excluding hydrogens is 276 g/mol. The summed E-state index contributed by atoms with van der Waals surface area (Å²) in [5, 5.41) is 8.51. The Bertz CT molecular complexity index is 445. The molecule has 1 N–H and O–H groups in total. The quantitative estimate of drug-likeness (QED) is 0.559. The van der Waals surface area contributed by atoms with Gasteiger partial charge in [0.15, 0.2) is 0 Å². The first-order valence-corrected chi connectivity index (χ1v) is 7.75. The Morgan fingerprint density at radius 2 is 2.05 bits per heavy atom. The highest BCUT2D eigenvalue weighted by molar-refractivity contribution is 7.98. The molecule has 1 aromatic carbocycles. The molecule has 0 saturated carbocycles. The average molecular weight is 296 g/mol. The molecule has 0 aliphatic heterocycles. The molecule has 0 unspecified atom stereocenters. The maximum Gasteiger partial charge on any atom is 0.337 e. The van der Waals surface area contributed by atoms with Crippen molar-refractivity contribution < 1.29 is 19.4 Å². The van der Waals surface area contributed by atoms with Gasteiger partial charge in [-0.25, -0.2) is 4.79 Å². The van der Waals surface area contributed by atoms with Gasteiger partial charge in [0.25, 0.3) is 0 Å². The Balaban J connectivity index is 2.22. The smallest absolute Gasteiger partial charge is 0.337 e. The number of ether oxygens (including phenoxy) is 1. The van der Waals surface area contributed by atoms with Gasteiger partial charge in [-0.1, -0.05) is 18.6 Å². The second-order valence-electron chi connectivity index (χ2n) is 4.45. The molecule has 20 heavy (non-hydrogen) atoms. The lowest BCUT2D eigenvalue weighted by molar-refractivity contribution is -0.137. The molecule has 0 aromatic heterocycles. The lowest BCUT2D eigenvalue weighted by Crippen LogP contribution is -2.01. The molecule has 1 aromatic rings. The van der Waals surface area contributed by atoms with Gasteiger partial charge in [0, 0.05) is 12.2 Å². The van der Waals surface area contributed by atoms with Crippen molar-refractivity contribution >= 4 is 23.7 Å². The van der Waals surface area contributed by atoms with Gasteiger partial charge in [-0.3, -0.25) is 4.79 Å². The van der Waals surface area contributed by atoms with Gasteiger partial charge >= 0.3 is 11.9 Å². The second-order valence-corrected chi connectivity index (χ2v) is 5.55. The first-order valence-electron chi connectivity index (χ1n) is 6.60. The van der Waals surface area contributed by atoms with Crippen molar-refractivity contribution in [1.82, 2.24) is 0 Å². The molecule has 110 valence electrons. The van der Waals surface area contributed by atoms with E-state index in [-0.39, 0.29) is 12.4 Å². The number of carboxylic acid groups (broad SMARTS) is 1. The van der Waals surface area contributed by atoms with Crippen molar-refractivity contribution in [2.75, 3.05) is 12.9 Å². The van der Waals surface area contributed by atoms with E-state index in [2.05, 4.69) is 4.74 Å². The van der Waals surface area contributed by atoms with Crippen LogP contribution in [0.3, 0.4) is 0 Å². The number of thioether (sulfide) groups is 1. The normalized spacial score (nSPS) is 10.2. The number of hydrogen-bond donors (Lipinski definition) is 1. The number of rotatable bonds is 9. The Morgan fingerprint density at radius 3 is 2.75 bits per heavy atom. The van der Waals surface area contributed by atoms with Crippen molar-refractivity contribution in [3.63, 3.8) is 0 Å². The van der Waals surface area contributed by atoms with E-state index >= 15 is 0 Å². The summed E-state index contributed by atoms with van der Waals surface area (Å²) < 4.78 is 4.69. The number of aliphatic carboxylic acids is 1. The number of hydrogen-bond acceptors (Lipinski definition) is 4. The highest BCUT2D eigenvalue weighted by Gasteiger charge is 2.05. The molecule has 0 aliphatic carbocycles. The zero-order valence-electron chi connectivity index (χ0n) is 11.6. The summed E-state index contributed by atoms with van der Waals surface area (Å²) in [6, 6.07) is 7.44. The van der Waals surface area contributed by atoms with Crippen LogP contribution in [-0.2, 0) is 15.3 Å². The highest BCUT2D eigenvalue weighted by Crippen LogP contribution is 2.16. The average Bonchev–Trinajstić information content (AvgIpc) is 2.45. The van der Waals surface area contributed by atoms with E-state index in [9.17, 15) is 9.59 Å². The van der Waals surface area contributed by atoms with E-state index in [1.807, 2.05) is 18.2 Å². The van der Waals surface area contributed by atoms with Gasteiger partial charge in [-0.15, -0.1) is 0 Å². The predicted molar refractivity (Wildman–Crippen MR) is 80.0 cm³/mol. The lowest BCUT2D eigenvalue weighted by atomic mass is 10.1. The Hall–Kier alpha value is -1.49. The van der Waals surface area contributed by atoms with Crippen LogP contribution in [0.1, 0.15) is 41.6 Å². The number of carboxylic acids is 1. The molecular formula is C15H20O4S. The summed E-state index contributed by atoms with van der Waals surface area (Å²) in [5.74, 6) is 0.814. The van der Waals surface area contributed by atoms with Gasteiger partial charge < -0.3 is 9.84 Å². The fraction of sp³-hybridized carbons (Fsp3) is 0.467. The first kappa shape index (κ1) is 16.6. The second kappa shape index (κ2) is 9.42. The van der Waals surface area contributed by atoms with Gasteiger partial charge in [-0.2, -0.15) is 11.8 Å². The zero-order chi connectivity index (χ0) is 14.8. The van der Waals surface area contributed by atoms with Gasteiger partial charge in [-0.05, 0) is 36.3 Å². The van der Waals surface area contributed by atoms with Crippen molar-refractivity contribution in [1.29, 1.82) is 0 Å². The van der Waals surface area contributed by atoms with Gasteiger partial charge in [0.1, 0.15) is 0 Å². The van der Waals surface area contributed by atoms with Crippen LogP contribution in [0.4, 0.5) is 0 Å². The third-order valence-electron chi connectivity index (χ3n) is 2.80. The van der Waals surface area contributed by atoms with Crippen LogP contribution < -0.4 is 0 Å². The third kappa shape index (κ3) is 6.61. The van der Waals surface area contributed by atoms with Crippen molar-refractivity contribution in [3.8, 4) is 0 Å². The number of unbranched alkanes of at least 4 members (excludes halogenated alkanes) is 2. The summed E-state index contributed by atoms with van der Waals surface area (Å²) in [7, 11) is 1.38. The number of carbonyl (C=O) groups is 2. The first-order chi connectivity index (χ1) is 9.63. The lowest BCUT2D eigenvalue weighted by Gasteiger charge is -2.04. The minimum atomic E-state index is -0.725. The van der Waals surface area contributed by atoms with Crippen molar-refractivity contribution in [2.45, 2.75) is 31.4 Å². The summed E-state index contributed by atoms with van der Waals surface area (Å²) >= 11 is 1.79. The molecule has 0 spiro atoms. The molecule has 0 fully saturated rings. The van der Waals surface area contributed by atoms with E-state index in [1.165, 1.54) is 7.11 Å². The standard InChI is InChI=1S/C15H20O4S/c1-19-15(18)13-7-5-6-12(10-13)11-20-9-4-2-3-8-14(16)17/h5-7,10H,2-4,8-9,11H2,1H3,(H,16,17). The Kier molecular flexibility index (Phi) is 7.80. The molecule has 1 rings (SSSR count). The summed E-state index contributed by atoms with van der Waals surface area (Å²) in [6.07, 6.45) is 2.97. The largest absolute Gasteiger partial charge is 0.481 e. The molecule has 4 nitrogen and oxygen atoms in total. The van der Waals surface area contributed by atoms with Crippen LogP contribution in [0.2, 0.25) is 0 Å². The number of esters is 1. The SMILES string of the molecule is COC(=O)c1cccc(CSCCCCCC(=O)O)c1. The van der Waals surface area contributed by atoms with E-state index < -0.39 is 5.97 Å². The monoisotopic (exact) mass is 296 g/mol. The van der Waals surface area contributed by atoms with Crippen LogP contribution in [0.15, 0.2) is 24.3 Å². The predicted octanol–water partition coefficient (Wildman–Crippen LogP) is 3.35. The topological polar surface area (TPSA) is 63.6 Å². The zero-order valence-corrected chi connectivity index (χ0v) is 12.4. The van der Waals surface area contributed by atoms with Crippen molar-refractivity contribution in [3.05, 3.63) is 35.4 Å². The van der Waals surface area contributed by atoms with Crippen LogP contribution in [0.25, 0.3) is 0 Å². The van der Waals surface area contributed by atoms with Crippen LogP contribution in [0.5, 0.6) is 0 Å². The van der Waals surface area contributed by atoms with Gasteiger partial charge in [0.05, 0.1) is 12.7 Å². The van der Waals surface area contributed by atoms with Crippen LogP contribution >= 0.6 is 11.8 Å². The Morgan fingerprint density at radius 1 is 1.25 bits per heavy atom. The third-order valence-corrected chi connectivity index (χ3v) is 3.91.